The molecule has 0 saturated heterocycles. The van der Waals surface area contributed by atoms with E-state index >= 15 is 0 Å². The van der Waals surface area contributed by atoms with E-state index in [1.54, 1.807) is 36.7 Å². The number of hydrogen-bond acceptors (Lipinski definition) is 4. The first-order valence-electron chi connectivity index (χ1n) is 5.89. The predicted octanol–water partition coefficient (Wildman–Crippen LogP) is 3.40. The number of aromatic nitrogens is 1. The maximum atomic E-state index is 11.8. The Hall–Kier alpha value is -2.54. The van der Waals surface area contributed by atoms with E-state index < -0.39 is 4.92 Å². The third-order valence-corrected chi connectivity index (χ3v) is 3.19. The van der Waals surface area contributed by atoms with E-state index in [2.05, 4.69) is 26.2 Å². The zero-order valence-electron chi connectivity index (χ0n) is 10.7. The van der Waals surface area contributed by atoms with Crippen LogP contribution in [-0.2, 0) is 4.79 Å². The highest BCUT2D eigenvalue weighted by molar-refractivity contribution is 9.10. The number of rotatable bonds is 4. The lowest BCUT2D eigenvalue weighted by Crippen LogP contribution is -2.08. The first-order chi connectivity index (χ1) is 10.1. The molecule has 0 bridgehead atoms. The molecule has 0 atom stereocenters. The van der Waals surface area contributed by atoms with E-state index in [9.17, 15) is 14.9 Å². The fraction of sp³-hybridized carbons (Fsp3) is 0. The lowest BCUT2D eigenvalue weighted by Gasteiger charge is -2.03. The molecule has 0 saturated carbocycles. The molecule has 1 amide bonds. The van der Waals surface area contributed by atoms with Crippen LogP contribution in [-0.4, -0.2) is 15.8 Å². The first kappa shape index (κ1) is 14.9. The van der Waals surface area contributed by atoms with Crippen LogP contribution in [0.4, 0.5) is 11.4 Å². The normalized spacial score (nSPS) is 10.5. The Morgan fingerprint density at radius 1 is 1.29 bits per heavy atom. The van der Waals surface area contributed by atoms with Gasteiger partial charge < -0.3 is 5.32 Å². The van der Waals surface area contributed by atoms with Crippen LogP contribution in [0.3, 0.4) is 0 Å². The molecule has 0 spiro atoms. The van der Waals surface area contributed by atoms with Crippen molar-refractivity contribution in [2.75, 3.05) is 5.32 Å². The third kappa shape index (κ3) is 4.22. The third-order valence-electron chi connectivity index (χ3n) is 2.56. The molecule has 0 unspecified atom stereocenters. The fourth-order valence-electron chi connectivity index (χ4n) is 1.53. The van der Waals surface area contributed by atoms with Crippen molar-refractivity contribution < 1.29 is 9.72 Å². The Morgan fingerprint density at radius 3 is 2.62 bits per heavy atom. The summed E-state index contributed by atoms with van der Waals surface area (Å²) < 4.78 is 0.682. The lowest BCUT2D eigenvalue weighted by molar-refractivity contribution is -0.384. The summed E-state index contributed by atoms with van der Waals surface area (Å²) in [5, 5.41) is 13.2. The van der Waals surface area contributed by atoms with Gasteiger partial charge in [0.05, 0.1) is 15.1 Å². The van der Waals surface area contributed by atoms with Crippen molar-refractivity contribution in [3.05, 3.63) is 69.0 Å². The largest absolute Gasteiger partial charge is 0.321 e. The van der Waals surface area contributed by atoms with E-state index in [1.165, 1.54) is 18.2 Å². The van der Waals surface area contributed by atoms with Gasteiger partial charge in [-0.3, -0.25) is 19.9 Å². The topological polar surface area (TPSA) is 85.1 Å². The number of pyridine rings is 1. The number of nitro benzene ring substituents is 1. The summed E-state index contributed by atoms with van der Waals surface area (Å²) in [4.78, 5) is 25.7. The van der Waals surface area contributed by atoms with E-state index in [0.717, 1.165) is 0 Å². The van der Waals surface area contributed by atoms with Crippen LogP contribution in [0.25, 0.3) is 6.08 Å². The van der Waals surface area contributed by atoms with Gasteiger partial charge in [-0.25, -0.2) is 0 Å². The van der Waals surface area contributed by atoms with Crippen LogP contribution in [0.2, 0.25) is 0 Å². The van der Waals surface area contributed by atoms with Crippen molar-refractivity contribution in [1.29, 1.82) is 0 Å². The van der Waals surface area contributed by atoms with Crippen molar-refractivity contribution >= 4 is 39.3 Å². The minimum atomic E-state index is -0.471. The van der Waals surface area contributed by atoms with Gasteiger partial charge in [-0.15, -0.1) is 0 Å². The minimum absolute atomic E-state index is 0.0114. The van der Waals surface area contributed by atoms with Crippen molar-refractivity contribution in [3.8, 4) is 0 Å². The average Bonchev–Trinajstić information content (AvgIpc) is 2.48. The molecule has 7 heteroatoms. The Balaban J connectivity index is 2.02. The molecule has 2 rings (SSSR count). The monoisotopic (exact) mass is 347 g/mol. The van der Waals surface area contributed by atoms with Crippen LogP contribution < -0.4 is 5.32 Å². The summed E-state index contributed by atoms with van der Waals surface area (Å²) in [6, 6.07) is 7.59. The van der Waals surface area contributed by atoms with E-state index in [0.29, 0.717) is 15.7 Å². The molecule has 2 aromatic rings. The van der Waals surface area contributed by atoms with Crippen LogP contribution in [0.15, 0.2) is 53.3 Å². The van der Waals surface area contributed by atoms with Crippen molar-refractivity contribution in [3.63, 3.8) is 0 Å². The van der Waals surface area contributed by atoms with Gasteiger partial charge in [-0.2, -0.15) is 0 Å². The van der Waals surface area contributed by atoms with E-state index in [4.69, 9.17) is 0 Å². The summed E-state index contributed by atoms with van der Waals surface area (Å²) in [6.07, 6.45) is 6.08. The van der Waals surface area contributed by atoms with Gasteiger partial charge in [0.1, 0.15) is 0 Å². The average molecular weight is 348 g/mol. The second-order valence-corrected chi connectivity index (χ2v) is 4.88. The van der Waals surface area contributed by atoms with Gasteiger partial charge in [0.15, 0.2) is 0 Å². The maximum Gasteiger partial charge on any atom is 0.269 e. The number of nitro groups is 1. The van der Waals surface area contributed by atoms with Gasteiger partial charge in [0, 0.05) is 30.6 Å². The smallest absolute Gasteiger partial charge is 0.269 e. The molecule has 0 aliphatic carbocycles. The van der Waals surface area contributed by atoms with Crippen LogP contribution in [0, 0.1) is 10.1 Å². The molecule has 1 heterocycles. The number of benzene rings is 1. The minimum Gasteiger partial charge on any atom is -0.321 e. The number of carbonyl (C=O) groups is 1. The molecule has 1 aromatic heterocycles. The number of hydrogen-bond donors (Lipinski definition) is 1. The number of nitrogens with one attached hydrogen (secondary N) is 1. The molecule has 0 fully saturated rings. The van der Waals surface area contributed by atoms with Gasteiger partial charge in [0.2, 0.25) is 5.91 Å². The first-order valence-corrected chi connectivity index (χ1v) is 6.68. The highest BCUT2D eigenvalue weighted by atomic mass is 79.9. The molecular formula is C14H10BrN3O3. The SMILES string of the molecule is O=C(/C=C/c1ccc([N+](=O)[O-])cc1)Nc1ccncc1Br. The standard InChI is InChI=1S/C14H10BrN3O3/c15-12-9-16-8-7-13(12)17-14(19)6-3-10-1-4-11(5-2-10)18(20)21/h1-9H,(H,16,17,19)/b6-3+. The zero-order valence-corrected chi connectivity index (χ0v) is 12.3. The second-order valence-electron chi connectivity index (χ2n) is 4.03. The van der Waals surface area contributed by atoms with E-state index in [1.807, 2.05) is 0 Å². The number of nitrogens with zero attached hydrogens (tertiary/aromatic N) is 2. The summed E-state index contributed by atoms with van der Waals surface area (Å²) >= 11 is 3.28. The fourth-order valence-corrected chi connectivity index (χ4v) is 1.88. The molecular weight excluding hydrogens is 338 g/mol. The summed E-state index contributed by atoms with van der Waals surface area (Å²) in [5.74, 6) is -0.305. The molecule has 0 radical (unpaired) electrons. The van der Waals surface area contributed by atoms with Crippen molar-refractivity contribution in [1.82, 2.24) is 4.98 Å². The number of carbonyl (C=O) groups excluding carboxylic acids is 1. The Kier molecular flexibility index (Phi) is 4.78. The van der Waals surface area contributed by atoms with Crippen molar-refractivity contribution in [2.24, 2.45) is 0 Å². The highest BCUT2D eigenvalue weighted by Gasteiger charge is 2.04. The summed E-state index contributed by atoms with van der Waals surface area (Å²) in [6.45, 7) is 0. The zero-order chi connectivity index (χ0) is 15.2. The number of non-ortho nitro benzene ring substituents is 1. The molecule has 21 heavy (non-hydrogen) atoms. The molecule has 6 nitrogen and oxygen atoms in total. The van der Waals surface area contributed by atoms with Gasteiger partial charge >= 0.3 is 0 Å². The molecule has 1 N–H and O–H groups in total. The Bertz CT molecular complexity index is 699. The number of amides is 1. The molecule has 0 aliphatic rings. The molecule has 0 aliphatic heterocycles. The van der Waals surface area contributed by atoms with Crippen LogP contribution in [0.5, 0.6) is 0 Å². The van der Waals surface area contributed by atoms with Crippen LogP contribution in [0.1, 0.15) is 5.56 Å². The number of halogens is 1. The second kappa shape index (κ2) is 6.76. The Morgan fingerprint density at radius 2 is 2.00 bits per heavy atom. The van der Waals surface area contributed by atoms with Gasteiger partial charge in [-0.1, -0.05) is 0 Å². The van der Waals surface area contributed by atoms with Crippen LogP contribution >= 0.6 is 15.9 Å². The van der Waals surface area contributed by atoms with Crippen molar-refractivity contribution in [2.45, 2.75) is 0 Å². The summed E-state index contributed by atoms with van der Waals surface area (Å²) in [5.41, 5.74) is 1.32. The lowest BCUT2D eigenvalue weighted by atomic mass is 10.2. The highest BCUT2D eigenvalue weighted by Crippen LogP contribution is 2.20. The quantitative estimate of drug-likeness (QED) is 0.521. The van der Waals surface area contributed by atoms with E-state index in [-0.39, 0.29) is 11.6 Å². The number of anilines is 1. The van der Waals surface area contributed by atoms with Gasteiger partial charge in [-0.05, 0) is 45.8 Å². The molecule has 106 valence electrons. The predicted molar refractivity (Wildman–Crippen MR) is 82.7 cm³/mol. The molecule has 1 aromatic carbocycles. The summed E-state index contributed by atoms with van der Waals surface area (Å²) in [7, 11) is 0. The van der Waals surface area contributed by atoms with Gasteiger partial charge in [0.25, 0.3) is 5.69 Å². The maximum absolute atomic E-state index is 11.8. The Labute approximate surface area is 128 Å².